The molecule has 0 radical (unpaired) electrons. The van der Waals surface area contributed by atoms with Gasteiger partial charge in [-0.3, -0.25) is 4.90 Å². The van der Waals surface area contributed by atoms with Crippen LogP contribution in [0.3, 0.4) is 0 Å². The molecule has 2 aliphatic heterocycles. The highest BCUT2D eigenvalue weighted by Gasteiger charge is 2.35. The molecule has 0 aromatic carbocycles. The van der Waals surface area contributed by atoms with Crippen LogP contribution in [0.15, 0.2) is 0 Å². The summed E-state index contributed by atoms with van der Waals surface area (Å²) in [5.74, 6) is 1.50. The summed E-state index contributed by atoms with van der Waals surface area (Å²) in [7, 11) is 0. The van der Waals surface area contributed by atoms with Gasteiger partial charge in [-0.2, -0.15) is 0 Å². The van der Waals surface area contributed by atoms with Gasteiger partial charge in [0, 0.05) is 26.2 Å². The SMILES string of the molecule is O=C(OCN1CCC(C2CC(O)C2)CC1)N1CCCCC1. The number of nitrogens with zero attached hydrogens (tertiary/aromatic N) is 2. The standard InChI is InChI=1S/C16H28N2O3/c19-15-10-14(11-15)13-4-8-17(9-5-13)12-21-16(20)18-6-2-1-3-7-18/h13-15,19H,1-12H2. The van der Waals surface area contributed by atoms with E-state index < -0.39 is 0 Å². The highest BCUT2D eigenvalue weighted by molar-refractivity contribution is 5.67. The average Bonchev–Trinajstić information content (AvgIpc) is 2.51. The van der Waals surface area contributed by atoms with Crippen molar-refractivity contribution < 1.29 is 14.6 Å². The average molecular weight is 296 g/mol. The van der Waals surface area contributed by atoms with E-state index in [1.807, 2.05) is 4.90 Å². The second kappa shape index (κ2) is 6.97. The lowest BCUT2D eigenvalue weighted by Gasteiger charge is -2.42. The third kappa shape index (κ3) is 3.89. The Balaban J connectivity index is 1.32. The predicted molar refractivity (Wildman–Crippen MR) is 79.8 cm³/mol. The van der Waals surface area contributed by atoms with Crippen LogP contribution in [0.2, 0.25) is 0 Å². The monoisotopic (exact) mass is 296 g/mol. The van der Waals surface area contributed by atoms with Crippen LogP contribution in [0, 0.1) is 11.8 Å². The van der Waals surface area contributed by atoms with Crippen molar-refractivity contribution in [1.29, 1.82) is 0 Å². The number of amides is 1. The first kappa shape index (κ1) is 15.1. The molecule has 3 aliphatic rings. The zero-order chi connectivity index (χ0) is 14.7. The fraction of sp³-hybridized carbons (Fsp3) is 0.938. The number of likely N-dealkylation sites (tertiary alicyclic amines) is 2. The van der Waals surface area contributed by atoms with Crippen LogP contribution in [0.25, 0.3) is 0 Å². The van der Waals surface area contributed by atoms with Gasteiger partial charge in [0.15, 0.2) is 0 Å². The lowest BCUT2D eigenvalue weighted by Crippen LogP contribution is -2.43. The van der Waals surface area contributed by atoms with Gasteiger partial charge in [0.1, 0.15) is 6.73 Å². The van der Waals surface area contributed by atoms with Crippen LogP contribution in [0.4, 0.5) is 4.79 Å². The van der Waals surface area contributed by atoms with E-state index in [1.54, 1.807) is 0 Å². The summed E-state index contributed by atoms with van der Waals surface area (Å²) in [6, 6.07) is 0. The van der Waals surface area contributed by atoms with Crippen LogP contribution >= 0.6 is 0 Å². The maximum absolute atomic E-state index is 12.0. The van der Waals surface area contributed by atoms with Crippen LogP contribution in [0.5, 0.6) is 0 Å². The molecule has 1 N–H and O–H groups in total. The minimum atomic E-state index is -0.140. The first-order valence-corrected chi connectivity index (χ1v) is 8.54. The molecule has 0 aromatic rings. The van der Waals surface area contributed by atoms with Crippen molar-refractivity contribution >= 4 is 6.09 Å². The molecule has 21 heavy (non-hydrogen) atoms. The first-order chi connectivity index (χ1) is 10.2. The fourth-order valence-electron chi connectivity index (χ4n) is 3.88. The van der Waals surface area contributed by atoms with Gasteiger partial charge in [-0.05, 0) is 56.8 Å². The summed E-state index contributed by atoms with van der Waals surface area (Å²) in [5, 5.41) is 9.40. The van der Waals surface area contributed by atoms with Crippen molar-refractivity contribution in [3.63, 3.8) is 0 Å². The Labute approximate surface area is 127 Å². The molecule has 5 heteroatoms. The van der Waals surface area contributed by atoms with Crippen molar-refractivity contribution in [2.75, 3.05) is 32.9 Å². The molecule has 2 heterocycles. The quantitative estimate of drug-likeness (QED) is 0.866. The minimum Gasteiger partial charge on any atom is -0.433 e. The van der Waals surface area contributed by atoms with E-state index in [9.17, 15) is 9.90 Å². The van der Waals surface area contributed by atoms with Crippen molar-refractivity contribution in [3.8, 4) is 0 Å². The second-order valence-electron chi connectivity index (χ2n) is 6.93. The molecule has 0 spiro atoms. The van der Waals surface area contributed by atoms with E-state index in [4.69, 9.17) is 4.74 Å². The van der Waals surface area contributed by atoms with Crippen LogP contribution in [0.1, 0.15) is 44.9 Å². The number of aliphatic hydroxyl groups excluding tert-OH is 1. The number of carbonyl (C=O) groups excluding carboxylic acids is 1. The molecule has 0 aromatic heterocycles. The van der Waals surface area contributed by atoms with Gasteiger partial charge in [0.05, 0.1) is 6.10 Å². The summed E-state index contributed by atoms with van der Waals surface area (Å²) in [6.07, 6.45) is 7.60. The molecule has 0 bridgehead atoms. The van der Waals surface area contributed by atoms with Crippen molar-refractivity contribution in [1.82, 2.24) is 9.80 Å². The predicted octanol–water partition coefficient (Wildman–Crippen LogP) is 2.05. The van der Waals surface area contributed by atoms with E-state index in [2.05, 4.69) is 4.90 Å². The third-order valence-corrected chi connectivity index (χ3v) is 5.43. The highest BCUT2D eigenvalue weighted by Crippen LogP contribution is 2.38. The number of rotatable bonds is 3. The van der Waals surface area contributed by atoms with E-state index in [1.165, 1.54) is 19.3 Å². The number of carbonyl (C=O) groups is 1. The largest absolute Gasteiger partial charge is 0.433 e. The molecule has 3 fully saturated rings. The van der Waals surface area contributed by atoms with Crippen molar-refractivity contribution in [3.05, 3.63) is 0 Å². The molecule has 5 nitrogen and oxygen atoms in total. The molecular formula is C16H28N2O3. The third-order valence-electron chi connectivity index (χ3n) is 5.43. The van der Waals surface area contributed by atoms with Gasteiger partial charge >= 0.3 is 6.09 Å². The van der Waals surface area contributed by atoms with Crippen molar-refractivity contribution in [2.45, 2.75) is 51.0 Å². The minimum absolute atomic E-state index is 0.0430. The summed E-state index contributed by atoms with van der Waals surface area (Å²) >= 11 is 0. The van der Waals surface area contributed by atoms with E-state index >= 15 is 0 Å². The lowest BCUT2D eigenvalue weighted by molar-refractivity contribution is -0.0193. The first-order valence-electron chi connectivity index (χ1n) is 8.54. The molecule has 0 unspecified atom stereocenters. The van der Waals surface area contributed by atoms with E-state index in [0.29, 0.717) is 6.73 Å². The van der Waals surface area contributed by atoms with Gasteiger partial charge in [-0.1, -0.05) is 0 Å². The summed E-state index contributed by atoms with van der Waals surface area (Å²) in [6.45, 7) is 4.18. The fourth-order valence-corrected chi connectivity index (χ4v) is 3.88. The Morgan fingerprint density at radius 3 is 2.29 bits per heavy atom. The van der Waals surface area contributed by atoms with E-state index in [0.717, 1.165) is 63.7 Å². The molecule has 1 amide bonds. The smallest absolute Gasteiger partial charge is 0.411 e. The number of aliphatic hydroxyl groups is 1. The van der Waals surface area contributed by atoms with Gasteiger partial charge in [-0.15, -0.1) is 0 Å². The maximum atomic E-state index is 12.0. The lowest BCUT2D eigenvalue weighted by atomic mass is 9.70. The Morgan fingerprint density at radius 1 is 1.00 bits per heavy atom. The Morgan fingerprint density at radius 2 is 1.67 bits per heavy atom. The molecular weight excluding hydrogens is 268 g/mol. The summed E-state index contributed by atoms with van der Waals surface area (Å²) < 4.78 is 5.45. The molecule has 0 atom stereocenters. The summed E-state index contributed by atoms with van der Waals surface area (Å²) in [4.78, 5) is 16.0. The molecule has 1 aliphatic carbocycles. The van der Waals surface area contributed by atoms with Crippen LogP contribution in [-0.2, 0) is 4.74 Å². The molecule has 120 valence electrons. The Hall–Kier alpha value is -0.810. The van der Waals surface area contributed by atoms with Crippen LogP contribution in [-0.4, -0.2) is 60.0 Å². The van der Waals surface area contributed by atoms with Gasteiger partial charge in [0.25, 0.3) is 0 Å². The maximum Gasteiger partial charge on any atom is 0.411 e. The second-order valence-corrected chi connectivity index (χ2v) is 6.93. The Bertz CT molecular complexity index is 343. The summed E-state index contributed by atoms with van der Waals surface area (Å²) in [5.41, 5.74) is 0. The number of ether oxygens (including phenoxy) is 1. The van der Waals surface area contributed by atoms with Crippen LogP contribution < -0.4 is 0 Å². The molecule has 1 saturated carbocycles. The molecule has 2 saturated heterocycles. The zero-order valence-electron chi connectivity index (χ0n) is 12.9. The normalized spacial score (nSPS) is 31.8. The van der Waals surface area contributed by atoms with Crippen molar-refractivity contribution in [2.24, 2.45) is 11.8 Å². The van der Waals surface area contributed by atoms with Gasteiger partial charge < -0.3 is 14.7 Å². The number of hydrogen-bond acceptors (Lipinski definition) is 4. The molecule has 3 rings (SSSR count). The zero-order valence-corrected chi connectivity index (χ0v) is 12.9. The highest BCUT2D eigenvalue weighted by atomic mass is 16.6. The number of piperidine rings is 2. The Kier molecular flexibility index (Phi) is 5.01. The topological polar surface area (TPSA) is 53.0 Å². The van der Waals surface area contributed by atoms with Gasteiger partial charge in [0.2, 0.25) is 0 Å². The number of hydrogen-bond donors (Lipinski definition) is 1. The van der Waals surface area contributed by atoms with Gasteiger partial charge in [-0.25, -0.2) is 4.79 Å². The van der Waals surface area contributed by atoms with E-state index in [-0.39, 0.29) is 12.2 Å².